The Morgan fingerprint density at radius 3 is 0.846 bits per heavy atom. The first-order chi connectivity index (χ1) is 62.9. The van der Waals surface area contributed by atoms with E-state index in [1.165, 1.54) is 6.92 Å². The van der Waals surface area contributed by atoms with Crippen LogP contribution < -0.4 is 39.3 Å². The van der Waals surface area contributed by atoms with Crippen molar-refractivity contribution in [2.75, 3.05) is 62.4 Å². The van der Waals surface area contributed by atoms with Crippen molar-refractivity contribution in [3.8, 4) is 56.3 Å². The highest BCUT2D eigenvalue weighted by atomic mass is 16.2. The molecule has 0 aliphatic carbocycles. The number of rotatable bonds is 20. The summed E-state index contributed by atoms with van der Waals surface area (Å²) in [5.74, 6) is 5.22. The molecule has 0 aliphatic rings. The number of fused-ring (bicyclic) bond motifs is 15. The number of aromatic amines is 10. The summed E-state index contributed by atoms with van der Waals surface area (Å²) in [6.45, 7) is 16.2. The van der Waals surface area contributed by atoms with Gasteiger partial charge in [-0.25, -0.2) is 54.6 Å². The molecule has 130 heavy (non-hydrogen) atoms. The number of nitrogen functional groups attached to an aromatic ring is 5. The smallest absolute Gasteiger partial charge is 0.319 e. The molecule has 0 bridgehead atoms. The fraction of sp³-hybridized carbons (Fsp3) is 0.213. The summed E-state index contributed by atoms with van der Waals surface area (Å²) in [6.07, 6.45) is 9.43. The Morgan fingerprint density at radius 2 is 0.600 bits per heavy atom. The number of hydrogen-bond donors (Lipinski definition) is 17. The lowest BCUT2D eigenvalue weighted by Gasteiger charge is -2.23. The molecule has 0 radical (unpaired) electrons. The number of nitrogens with one attached hydrogen (secondary N) is 12. The Labute approximate surface area is 738 Å². The van der Waals surface area contributed by atoms with Gasteiger partial charge in [0.05, 0.1) is 88.8 Å². The Morgan fingerprint density at radius 1 is 0.331 bits per heavy atom. The minimum absolute atomic E-state index is 0.00751. The summed E-state index contributed by atoms with van der Waals surface area (Å²) >= 11 is 0. The summed E-state index contributed by atoms with van der Waals surface area (Å²) in [4.78, 5) is 127. The van der Waals surface area contributed by atoms with Crippen LogP contribution in [0.25, 0.3) is 166 Å². The van der Waals surface area contributed by atoms with E-state index >= 15 is 0 Å². The lowest BCUT2D eigenvalue weighted by Crippen LogP contribution is -2.38. The standard InChI is InChI=1S/C19H22N8O.C19H21N7O.C18H19N7O.C17H17N7O.C16H15N7O/c1-4-27(19(28)26(2)3)10-15-23-16-12-6-5-11(13-7-8-21-25-13)9-14(12)22-18(20)17(16)24-15;1-3-16(27)26(4-2)10-15-23-17-12-6-5-11(13-7-8-21-25-13)9-14(12)22-19(20)18(17)24-15;1-3-25(10(2)26)9-15-22-16-12-5-4-11(13-6-7-20-24-13)8-14(12)21-18(19)17(16)23-15;1-2-14(25)19-8-13-22-15-10-4-3-9(11-5-6-20-24-11)7-12(10)21-17(18)16(15)23-13;1-8(24)18-7-13-21-14-10-3-2-9(11-4-5-19-23-11)6-12(10)20-16(17)15(14)22-13/h5-9H,4,10H2,1-3H3,(H2,20,22)(H,21,25)(H,23,24);5-9H,3-4,10H2,1-2H3,(H2,20,22)(H,21,25)(H,23,24);4-8H,3,9H2,1-2H3,(H2,19,21)(H,20,24)(H,22,23);3-7H,2,8H2,1H3,(H2,18,21)(H,19,25)(H,20,24)(H,22,23);2-6H,7H2,1H3,(H2,17,20)(H,18,24)(H,19,23)(H,21,22). The van der Waals surface area contributed by atoms with Crippen LogP contribution in [0.15, 0.2) is 152 Å². The Balaban J connectivity index is 0.000000119. The van der Waals surface area contributed by atoms with Crippen molar-refractivity contribution in [1.82, 2.24) is 156 Å². The maximum Gasteiger partial charge on any atom is 0.319 e. The van der Waals surface area contributed by atoms with Crippen molar-refractivity contribution in [2.24, 2.45) is 0 Å². The Kier molecular flexibility index (Phi) is 24.7. The monoisotopic (exact) mass is 1750 g/mol. The lowest BCUT2D eigenvalue weighted by atomic mass is 10.1. The highest BCUT2D eigenvalue weighted by Gasteiger charge is 2.24. The molecule has 660 valence electrons. The fourth-order valence-electron chi connectivity index (χ4n) is 15.1. The molecule has 0 saturated carbocycles. The number of amides is 6. The van der Waals surface area contributed by atoms with E-state index in [2.05, 4.69) is 126 Å². The molecule has 41 heteroatoms. The van der Waals surface area contributed by atoms with Gasteiger partial charge in [-0.05, 0) is 112 Å². The van der Waals surface area contributed by atoms with Gasteiger partial charge in [0.2, 0.25) is 23.6 Å². The molecular formula is C89H94N36O5. The highest BCUT2D eigenvalue weighted by Crippen LogP contribution is 2.36. The molecule has 15 heterocycles. The molecule has 15 aromatic heterocycles. The number of urea groups is 1. The predicted molar refractivity (Wildman–Crippen MR) is 500 cm³/mol. The van der Waals surface area contributed by atoms with Crippen LogP contribution in [0.1, 0.15) is 90.4 Å². The van der Waals surface area contributed by atoms with Gasteiger partial charge >= 0.3 is 6.03 Å². The van der Waals surface area contributed by atoms with Gasteiger partial charge in [-0.2, -0.15) is 25.5 Å². The van der Waals surface area contributed by atoms with Crippen molar-refractivity contribution >= 4 is 168 Å². The third-order valence-electron chi connectivity index (χ3n) is 21.8. The van der Waals surface area contributed by atoms with E-state index in [0.29, 0.717) is 151 Å². The van der Waals surface area contributed by atoms with E-state index < -0.39 is 0 Å². The molecular weight excluding hydrogens is 1650 g/mol. The summed E-state index contributed by atoms with van der Waals surface area (Å²) in [7, 11) is 3.46. The zero-order chi connectivity index (χ0) is 91.1. The predicted octanol–water partition coefficient (Wildman–Crippen LogP) is 11.7. The van der Waals surface area contributed by atoms with Gasteiger partial charge in [0.15, 0.2) is 0 Å². The van der Waals surface area contributed by atoms with E-state index in [1.807, 2.05) is 149 Å². The number of imidazole rings is 5. The molecule has 0 unspecified atom stereocenters. The van der Waals surface area contributed by atoms with Crippen LogP contribution in [-0.4, -0.2) is 209 Å². The maximum absolute atomic E-state index is 12.3. The van der Waals surface area contributed by atoms with Gasteiger partial charge in [-0.15, -0.1) is 0 Å². The first kappa shape index (κ1) is 86.2. The van der Waals surface area contributed by atoms with Crippen LogP contribution in [0.5, 0.6) is 0 Å². The number of carbonyl (C=O) groups is 5. The van der Waals surface area contributed by atoms with Crippen LogP contribution in [0, 0.1) is 0 Å². The lowest BCUT2D eigenvalue weighted by molar-refractivity contribution is -0.131. The summed E-state index contributed by atoms with van der Waals surface area (Å²) in [6, 6.07) is 39.0. The number of hydrogen-bond acceptors (Lipinski definition) is 25. The second-order valence-electron chi connectivity index (χ2n) is 30.6. The largest absolute Gasteiger partial charge is 0.382 e. The SMILES string of the molecule is CC(=O)NCc1nc2c([nH]1)c(N)nc1cc(-c3ccn[nH]3)ccc12.CCC(=O)N(CC)Cc1nc2c([nH]1)c(N)nc1cc(-c3ccn[nH]3)ccc12.CCC(=O)NCc1nc2c([nH]1)c(N)nc1cc(-c3ccn[nH]3)ccc12.CCN(Cc1nc2c([nH]1)c(N)nc1cc(-c3ccn[nH]3)ccc12)C(=O)N(C)C.CCN(Cc1nc2c([nH]1)c(N)nc1cc(-c3ccn[nH]3)ccc12)C(C)=O. The highest BCUT2D eigenvalue weighted by molar-refractivity contribution is 6.11. The Bertz CT molecular complexity index is 7530. The minimum Gasteiger partial charge on any atom is -0.382 e. The normalized spacial score (nSPS) is 11.3. The van der Waals surface area contributed by atoms with Crippen LogP contribution >= 0.6 is 0 Å². The van der Waals surface area contributed by atoms with Crippen molar-refractivity contribution in [3.05, 3.63) is 181 Å². The second-order valence-corrected chi connectivity index (χ2v) is 30.6. The number of nitrogens with two attached hydrogens (primary N) is 5. The number of H-pyrrole nitrogens is 10. The van der Waals surface area contributed by atoms with Crippen LogP contribution in [0.2, 0.25) is 0 Å². The maximum atomic E-state index is 12.3. The number of pyridine rings is 5. The number of nitrogens with zero attached hydrogens (tertiary/aromatic N) is 19. The summed E-state index contributed by atoms with van der Waals surface area (Å²) in [5, 5.41) is 44.6. The second kappa shape index (κ2) is 37.2. The molecule has 0 spiro atoms. The molecule has 41 nitrogen and oxygen atoms in total. The van der Waals surface area contributed by atoms with E-state index in [0.717, 1.165) is 138 Å². The quantitative estimate of drug-likeness (QED) is 0.0337. The zero-order valence-electron chi connectivity index (χ0n) is 72.4. The topological polar surface area (TPSA) is 604 Å². The van der Waals surface area contributed by atoms with Gasteiger partial charge in [-0.1, -0.05) is 44.2 Å². The molecule has 5 aromatic carbocycles. The molecule has 20 rings (SSSR count). The third kappa shape index (κ3) is 18.2. The minimum atomic E-state index is -0.115. The average Bonchev–Trinajstić information content (AvgIpc) is 1.63. The van der Waals surface area contributed by atoms with Crippen molar-refractivity contribution < 1.29 is 24.0 Å². The molecule has 0 saturated heterocycles. The average molecular weight is 1750 g/mol. The zero-order valence-corrected chi connectivity index (χ0v) is 72.4. The van der Waals surface area contributed by atoms with Crippen molar-refractivity contribution in [2.45, 2.75) is 94.0 Å². The summed E-state index contributed by atoms with van der Waals surface area (Å²) in [5.41, 5.74) is 51.1. The molecule has 22 N–H and O–H groups in total. The van der Waals surface area contributed by atoms with Crippen molar-refractivity contribution in [3.63, 3.8) is 0 Å². The van der Waals surface area contributed by atoms with Crippen molar-refractivity contribution in [1.29, 1.82) is 0 Å². The van der Waals surface area contributed by atoms with Crippen LogP contribution in [0.3, 0.4) is 0 Å². The Hall–Kier alpha value is -17.3. The number of carbonyl (C=O) groups excluding carboxylic acids is 5. The first-order valence-electron chi connectivity index (χ1n) is 41.8. The number of aromatic nitrogens is 25. The van der Waals surface area contributed by atoms with E-state index in [-0.39, 0.29) is 29.7 Å². The molecule has 0 fully saturated rings. The first-order valence-corrected chi connectivity index (χ1v) is 41.8. The van der Waals surface area contributed by atoms with E-state index in [1.54, 1.807) is 78.5 Å². The molecule has 20 aromatic rings. The third-order valence-corrected chi connectivity index (χ3v) is 21.8. The van der Waals surface area contributed by atoms with Crippen LogP contribution in [-0.2, 0) is 51.9 Å². The van der Waals surface area contributed by atoms with Gasteiger partial charge in [0.1, 0.15) is 113 Å². The van der Waals surface area contributed by atoms with Crippen LogP contribution in [0.4, 0.5) is 33.9 Å². The van der Waals surface area contributed by atoms with Gasteiger partial charge in [0.25, 0.3) is 0 Å². The van der Waals surface area contributed by atoms with Gasteiger partial charge < -0.3 is 83.8 Å². The van der Waals surface area contributed by atoms with E-state index in [9.17, 15) is 24.0 Å². The molecule has 0 atom stereocenters. The molecule has 6 amide bonds. The number of anilines is 5. The van der Waals surface area contributed by atoms with E-state index in [4.69, 9.17) is 38.6 Å². The summed E-state index contributed by atoms with van der Waals surface area (Å²) < 4.78 is 0. The fourth-order valence-corrected chi connectivity index (χ4v) is 15.1. The molecule has 0 aliphatic heterocycles. The number of benzene rings is 5. The van der Waals surface area contributed by atoms with Gasteiger partial charge in [-0.3, -0.25) is 44.7 Å². The van der Waals surface area contributed by atoms with Gasteiger partial charge in [0, 0.05) is 146 Å².